The monoisotopic (exact) mass is 215 g/mol. The Morgan fingerprint density at radius 3 is 1.60 bits per heavy atom. The van der Waals surface area contributed by atoms with Crippen molar-refractivity contribution in [3.8, 4) is 6.07 Å². The van der Waals surface area contributed by atoms with Crippen LogP contribution in [-0.2, 0) is 9.53 Å². The van der Waals surface area contributed by atoms with E-state index in [9.17, 15) is 4.79 Å². The Labute approximate surface area is 94.4 Å². The summed E-state index contributed by atoms with van der Waals surface area (Å²) in [5, 5.41) is 7.32. The van der Waals surface area contributed by atoms with Gasteiger partial charge in [0.25, 0.3) is 0 Å². The predicted molar refractivity (Wildman–Crippen MR) is 63.4 cm³/mol. The fourth-order valence-electron chi connectivity index (χ4n) is 0.703. The number of carbonyl (C=O) groups is 1. The summed E-state index contributed by atoms with van der Waals surface area (Å²) in [5.74, 6) is -0.211. The number of rotatable bonds is 4. The lowest BCUT2D eigenvalue weighted by Gasteiger charge is -1.89. The van der Waals surface area contributed by atoms with Crippen molar-refractivity contribution in [2.45, 2.75) is 60.3 Å². The lowest BCUT2D eigenvalue weighted by molar-refractivity contribution is -0.140. The number of esters is 1. The van der Waals surface area contributed by atoms with Crippen LogP contribution >= 0.6 is 0 Å². The van der Waals surface area contributed by atoms with E-state index in [0.29, 0.717) is 6.61 Å². The van der Waals surface area contributed by atoms with Gasteiger partial charge in [0.1, 0.15) is 0 Å². The molecule has 0 heterocycles. The summed E-state index contributed by atoms with van der Waals surface area (Å²) in [6, 6.07) is 1.75. The molecular weight excluding hydrogens is 190 g/mol. The van der Waals surface area contributed by atoms with Crippen molar-refractivity contribution in [2.24, 2.45) is 0 Å². The van der Waals surface area contributed by atoms with Crippen LogP contribution in [0.4, 0.5) is 0 Å². The highest BCUT2D eigenvalue weighted by Gasteiger charge is 1.81. The molecule has 0 spiro atoms. The highest BCUT2D eigenvalue weighted by molar-refractivity contribution is 5.65. The van der Waals surface area contributed by atoms with E-state index in [1.165, 1.54) is 39.5 Å². The zero-order chi connectivity index (χ0) is 12.5. The molecule has 0 saturated heterocycles. The summed E-state index contributed by atoms with van der Waals surface area (Å²) < 4.78 is 4.40. The van der Waals surface area contributed by atoms with Crippen molar-refractivity contribution in [2.75, 3.05) is 6.61 Å². The lowest BCUT2D eigenvalue weighted by Crippen LogP contribution is -1.95. The quantitative estimate of drug-likeness (QED) is 0.531. The molecule has 0 N–H and O–H groups in total. The Morgan fingerprint density at radius 1 is 1.20 bits per heavy atom. The van der Waals surface area contributed by atoms with E-state index in [1.807, 2.05) is 0 Å². The first-order chi connectivity index (χ1) is 7.10. The van der Waals surface area contributed by atoms with Gasteiger partial charge in [-0.15, -0.1) is 0 Å². The summed E-state index contributed by atoms with van der Waals surface area (Å²) in [4.78, 5) is 9.82. The van der Waals surface area contributed by atoms with Gasteiger partial charge in [-0.25, -0.2) is 0 Å². The molecule has 0 aromatic heterocycles. The van der Waals surface area contributed by atoms with Gasteiger partial charge in [0.15, 0.2) is 0 Å². The smallest absolute Gasteiger partial charge is 0.302 e. The fourth-order valence-corrected chi connectivity index (χ4v) is 0.703. The van der Waals surface area contributed by atoms with Gasteiger partial charge in [-0.2, -0.15) is 5.26 Å². The van der Waals surface area contributed by atoms with Gasteiger partial charge in [-0.1, -0.05) is 39.5 Å². The first kappa shape index (κ1) is 19.5. The van der Waals surface area contributed by atoms with Crippen LogP contribution < -0.4 is 0 Å². The van der Waals surface area contributed by atoms with E-state index in [4.69, 9.17) is 5.26 Å². The molecule has 0 amide bonds. The van der Waals surface area contributed by atoms with Crippen molar-refractivity contribution in [1.29, 1.82) is 5.26 Å². The molecule has 3 nitrogen and oxygen atoms in total. The lowest BCUT2D eigenvalue weighted by atomic mass is 10.2. The molecule has 0 aromatic rings. The molecule has 0 atom stereocenters. The molecule has 0 aromatic carbocycles. The maximum Gasteiger partial charge on any atom is 0.302 e. The molecule has 0 fully saturated rings. The van der Waals surface area contributed by atoms with Gasteiger partial charge < -0.3 is 4.74 Å². The molecule has 0 aliphatic rings. The SMILES string of the molecule is CC#N.CCCCCC.CCOC(C)=O. The van der Waals surface area contributed by atoms with Gasteiger partial charge in [0, 0.05) is 13.8 Å². The van der Waals surface area contributed by atoms with Gasteiger partial charge >= 0.3 is 5.97 Å². The second-order valence-corrected chi connectivity index (χ2v) is 2.86. The molecule has 0 radical (unpaired) electrons. The van der Waals surface area contributed by atoms with Gasteiger partial charge in [0.2, 0.25) is 0 Å². The Bertz CT molecular complexity index is 146. The molecule has 90 valence electrons. The topological polar surface area (TPSA) is 50.1 Å². The largest absolute Gasteiger partial charge is 0.466 e. The van der Waals surface area contributed by atoms with E-state index in [1.54, 1.807) is 13.0 Å². The summed E-state index contributed by atoms with van der Waals surface area (Å²) in [7, 11) is 0. The van der Waals surface area contributed by atoms with Crippen molar-refractivity contribution in [3.05, 3.63) is 0 Å². The van der Waals surface area contributed by atoms with Crippen molar-refractivity contribution in [1.82, 2.24) is 0 Å². The number of carbonyl (C=O) groups excluding carboxylic acids is 1. The highest BCUT2D eigenvalue weighted by Crippen LogP contribution is 1.95. The van der Waals surface area contributed by atoms with E-state index < -0.39 is 0 Å². The molecule has 3 heteroatoms. The normalized spacial score (nSPS) is 7.20. The first-order valence-electron chi connectivity index (χ1n) is 5.54. The third-order valence-corrected chi connectivity index (χ3v) is 1.30. The number of ether oxygens (including phenoxy) is 1. The Balaban J connectivity index is -0.000000153. The van der Waals surface area contributed by atoms with Crippen LogP contribution in [0.15, 0.2) is 0 Å². The highest BCUT2D eigenvalue weighted by atomic mass is 16.5. The van der Waals surface area contributed by atoms with Crippen LogP contribution in [0.5, 0.6) is 0 Å². The van der Waals surface area contributed by atoms with E-state index >= 15 is 0 Å². The third-order valence-electron chi connectivity index (χ3n) is 1.30. The maximum absolute atomic E-state index is 9.82. The van der Waals surface area contributed by atoms with Gasteiger partial charge in [-0.3, -0.25) is 4.79 Å². The van der Waals surface area contributed by atoms with Gasteiger partial charge in [0.05, 0.1) is 12.7 Å². The second kappa shape index (κ2) is 23.1. The predicted octanol–water partition coefficient (Wildman–Crippen LogP) is 3.69. The molecule has 15 heavy (non-hydrogen) atoms. The summed E-state index contributed by atoms with van der Waals surface area (Å²) in [5.41, 5.74) is 0. The van der Waals surface area contributed by atoms with Crippen molar-refractivity contribution < 1.29 is 9.53 Å². The van der Waals surface area contributed by atoms with Crippen LogP contribution in [0.2, 0.25) is 0 Å². The van der Waals surface area contributed by atoms with Crippen LogP contribution in [-0.4, -0.2) is 12.6 Å². The number of nitriles is 1. The van der Waals surface area contributed by atoms with Crippen molar-refractivity contribution in [3.63, 3.8) is 0 Å². The summed E-state index contributed by atoms with van der Waals surface area (Å²) >= 11 is 0. The molecule has 0 saturated carbocycles. The van der Waals surface area contributed by atoms with Crippen molar-refractivity contribution >= 4 is 5.97 Å². The number of nitrogens with zero attached hydrogens (tertiary/aromatic N) is 1. The molecule has 0 rings (SSSR count). The zero-order valence-corrected chi connectivity index (χ0v) is 10.8. The molecule has 0 unspecified atom stereocenters. The minimum absolute atomic E-state index is 0.211. The van der Waals surface area contributed by atoms with Crippen LogP contribution in [0.3, 0.4) is 0 Å². The average molecular weight is 215 g/mol. The van der Waals surface area contributed by atoms with Crippen LogP contribution in [0, 0.1) is 11.3 Å². The molecule has 0 aliphatic heterocycles. The maximum atomic E-state index is 9.82. The number of unbranched alkanes of at least 4 members (excludes halogenated alkanes) is 3. The summed E-state index contributed by atoms with van der Waals surface area (Å²) in [6.45, 7) is 9.55. The molecule has 0 bridgehead atoms. The first-order valence-corrected chi connectivity index (χ1v) is 5.54. The Morgan fingerprint density at radius 2 is 1.53 bits per heavy atom. The second-order valence-electron chi connectivity index (χ2n) is 2.86. The molecule has 0 aliphatic carbocycles. The van der Waals surface area contributed by atoms with Gasteiger partial charge in [-0.05, 0) is 6.92 Å². The average Bonchev–Trinajstić information content (AvgIpc) is 2.16. The standard InChI is InChI=1S/C6H14.C4H8O2.C2H3N/c1-3-5-6-4-2;1-3-6-4(2)5;1-2-3/h3-6H2,1-2H3;3H2,1-2H3;1H3. The van der Waals surface area contributed by atoms with E-state index in [-0.39, 0.29) is 5.97 Å². The van der Waals surface area contributed by atoms with E-state index in [2.05, 4.69) is 18.6 Å². The minimum Gasteiger partial charge on any atom is -0.466 e. The number of hydrogen-bond acceptors (Lipinski definition) is 3. The Hall–Kier alpha value is -1.04. The van der Waals surface area contributed by atoms with Crippen LogP contribution in [0.1, 0.15) is 60.3 Å². The third kappa shape index (κ3) is 63.3. The minimum atomic E-state index is -0.211. The Kier molecular flexibility index (Phi) is 30.0. The molecular formula is C12H25NO2. The fraction of sp³-hybridized carbons (Fsp3) is 0.833. The summed E-state index contributed by atoms with van der Waals surface area (Å²) in [6.07, 6.45) is 5.54. The van der Waals surface area contributed by atoms with E-state index in [0.717, 1.165) is 0 Å². The van der Waals surface area contributed by atoms with Crippen LogP contribution in [0.25, 0.3) is 0 Å². The number of hydrogen-bond donors (Lipinski definition) is 0. The zero-order valence-electron chi connectivity index (χ0n) is 10.8.